The molecule has 0 amide bonds. The Kier molecular flexibility index (Phi) is 5.50. The Morgan fingerprint density at radius 3 is 2.50 bits per heavy atom. The van der Waals surface area contributed by atoms with E-state index in [1.807, 2.05) is 0 Å². The van der Waals surface area contributed by atoms with Crippen molar-refractivity contribution in [3.8, 4) is 0 Å². The van der Waals surface area contributed by atoms with Crippen LogP contribution in [0.2, 0.25) is 0 Å². The summed E-state index contributed by atoms with van der Waals surface area (Å²) in [6.07, 6.45) is 7.56. The van der Waals surface area contributed by atoms with E-state index in [1.54, 1.807) is 6.42 Å². The van der Waals surface area contributed by atoms with Crippen LogP contribution in [0.25, 0.3) is 0 Å². The zero-order valence-corrected chi connectivity index (χ0v) is 12.5. The average molecular weight is 252 g/mol. The first-order valence-electron chi connectivity index (χ1n) is 8.09. The molecule has 2 aliphatic rings. The van der Waals surface area contributed by atoms with E-state index in [-0.39, 0.29) is 0 Å². The van der Waals surface area contributed by atoms with Crippen LogP contribution in [0.15, 0.2) is 0 Å². The fraction of sp³-hybridized carbons (Fsp3) is 1.00. The first-order chi connectivity index (χ1) is 8.65. The number of hydrogen-bond acceptors (Lipinski definition) is 2. The van der Waals surface area contributed by atoms with Gasteiger partial charge >= 0.3 is 0 Å². The first-order valence-corrected chi connectivity index (χ1v) is 8.09. The van der Waals surface area contributed by atoms with Gasteiger partial charge in [-0.2, -0.15) is 0 Å². The van der Waals surface area contributed by atoms with E-state index in [0.717, 1.165) is 36.8 Å². The molecule has 0 aliphatic heterocycles. The van der Waals surface area contributed by atoms with Gasteiger partial charge in [0.05, 0.1) is 0 Å². The van der Waals surface area contributed by atoms with Crippen molar-refractivity contribution >= 4 is 0 Å². The largest absolute Gasteiger partial charge is 0.315 e. The lowest BCUT2D eigenvalue weighted by Crippen LogP contribution is -2.38. The van der Waals surface area contributed by atoms with Crippen LogP contribution < -0.4 is 10.6 Å². The Bertz CT molecular complexity index is 239. The second-order valence-corrected chi connectivity index (χ2v) is 7.13. The van der Waals surface area contributed by atoms with Crippen molar-refractivity contribution < 1.29 is 0 Å². The fourth-order valence-corrected chi connectivity index (χ4v) is 3.91. The summed E-state index contributed by atoms with van der Waals surface area (Å²) in [7, 11) is 0. The maximum Gasteiger partial charge on any atom is 0.0164 e. The highest BCUT2D eigenvalue weighted by Crippen LogP contribution is 2.49. The van der Waals surface area contributed by atoms with Crippen molar-refractivity contribution in [1.82, 2.24) is 10.6 Å². The molecule has 2 saturated carbocycles. The van der Waals surface area contributed by atoms with E-state index in [1.165, 1.54) is 32.2 Å². The standard InChI is InChI=1S/C16H32N2/c1-12(2)10-17-11-13(3)18-7-6-16-9-14-4-5-15(16)8-14/h12-18H,4-11H2,1-3H3. The van der Waals surface area contributed by atoms with Crippen LogP contribution in [0.1, 0.15) is 52.9 Å². The second kappa shape index (κ2) is 6.91. The van der Waals surface area contributed by atoms with Crippen LogP contribution in [-0.4, -0.2) is 25.7 Å². The van der Waals surface area contributed by atoms with Crippen molar-refractivity contribution in [2.75, 3.05) is 19.6 Å². The van der Waals surface area contributed by atoms with Crippen molar-refractivity contribution in [3.63, 3.8) is 0 Å². The molecule has 2 nitrogen and oxygen atoms in total. The quantitative estimate of drug-likeness (QED) is 0.694. The molecule has 0 saturated heterocycles. The topological polar surface area (TPSA) is 24.1 Å². The van der Waals surface area contributed by atoms with Gasteiger partial charge in [0.1, 0.15) is 0 Å². The lowest BCUT2D eigenvalue weighted by Gasteiger charge is -2.23. The van der Waals surface area contributed by atoms with Gasteiger partial charge in [-0.3, -0.25) is 0 Å². The summed E-state index contributed by atoms with van der Waals surface area (Å²) in [5, 5.41) is 7.21. The summed E-state index contributed by atoms with van der Waals surface area (Å²) in [6.45, 7) is 10.3. The molecule has 0 aromatic rings. The zero-order chi connectivity index (χ0) is 13.0. The fourth-order valence-electron chi connectivity index (χ4n) is 3.91. The van der Waals surface area contributed by atoms with Crippen LogP contribution >= 0.6 is 0 Å². The van der Waals surface area contributed by atoms with Gasteiger partial charge in [0, 0.05) is 12.6 Å². The van der Waals surface area contributed by atoms with Gasteiger partial charge in [-0.05, 0) is 69.4 Å². The van der Waals surface area contributed by atoms with E-state index in [4.69, 9.17) is 0 Å². The minimum Gasteiger partial charge on any atom is -0.315 e. The molecule has 4 unspecified atom stereocenters. The zero-order valence-electron chi connectivity index (χ0n) is 12.5. The monoisotopic (exact) mass is 252 g/mol. The normalized spacial score (nSPS) is 32.3. The highest BCUT2D eigenvalue weighted by molar-refractivity contribution is 4.90. The smallest absolute Gasteiger partial charge is 0.0164 e. The Labute approximate surface area is 113 Å². The van der Waals surface area contributed by atoms with Crippen molar-refractivity contribution in [1.29, 1.82) is 0 Å². The molecule has 0 spiro atoms. The first kappa shape index (κ1) is 14.3. The summed E-state index contributed by atoms with van der Waals surface area (Å²) >= 11 is 0. The Morgan fingerprint density at radius 2 is 1.89 bits per heavy atom. The highest BCUT2D eigenvalue weighted by atomic mass is 15.0. The number of hydrogen-bond donors (Lipinski definition) is 2. The molecule has 4 atom stereocenters. The Balaban J connectivity index is 1.50. The van der Waals surface area contributed by atoms with Gasteiger partial charge in [-0.25, -0.2) is 0 Å². The van der Waals surface area contributed by atoms with Crippen LogP contribution in [-0.2, 0) is 0 Å². The molecule has 2 rings (SSSR count). The van der Waals surface area contributed by atoms with Gasteiger partial charge in [0.25, 0.3) is 0 Å². The van der Waals surface area contributed by atoms with Gasteiger partial charge in [-0.1, -0.05) is 20.3 Å². The molecule has 2 heteroatoms. The van der Waals surface area contributed by atoms with Crippen molar-refractivity contribution in [2.24, 2.45) is 23.7 Å². The third-order valence-corrected chi connectivity index (χ3v) is 4.90. The molecule has 0 radical (unpaired) electrons. The van der Waals surface area contributed by atoms with Crippen LogP contribution in [0.4, 0.5) is 0 Å². The molecule has 2 fully saturated rings. The predicted molar refractivity (Wildman–Crippen MR) is 78.7 cm³/mol. The SMILES string of the molecule is CC(C)CNCC(C)NCCC1CC2CCC1C2. The molecule has 0 heterocycles. The number of fused-ring (bicyclic) bond motifs is 2. The average Bonchev–Trinajstić information content (AvgIpc) is 2.90. The molecule has 2 N–H and O–H groups in total. The molecule has 18 heavy (non-hydrogen) atoms. The Morgan fingerprint density at radius 1 is 1.06 bits per heavy atom. The van der Waals surface area contributed by atoms with E-state index < -0.39 is 0 Å². The third kappa shape index (κ3) is 4.24. The van der Waals surface area contributed by atoms with Crippen molar-refractivity contribution in [3.05, 3.63) is 0 Å². The lowest BCUT2D eigenvalue weighted by molar-refractivity contribution is 0.305. The number of nitrogens with one attached hydrogen (secondary N) is 2. The molecule has 0 aromatic heterocycles. The maximum atomic E-state index is 3.68. The molecule has 2 aliphatic carbocycles. The van der Waals surface area contributed by atoms with E-state index in [9.17, 15) is 0 Å². The van der Waals surface area contributed by atoms with E-state index in [2.05, 4.69) is 31.4 Å². The second-order valence-electron chi connectivity index (χ2n) is 7.13. The minimum atomic E-state index is 0.613. The predicted octanol–water partition coefficient (Wildman–Crippen LogP) is 3.04. The summed E-state index contributed by atoms with van der Waals surface area (Å²) in [5.41, 5.74) is 0. The molecular weight excluding hydrogens is 220 g/mol. The van der Waals surface area contributed by atoms with Crippen LogP contribution in [0.3, 0.4) is 0 Å². The number of rotatable bonds is 8. The summed E-state index contributed by atoms with van der Waals surface area (Å²) in [4.78, 5) is 0. The lowest BCUT2D eigenvalue weighted by atomic mass is 9.86. The minimum absolute atomic E-state index is 0.613. The van der Waals surface area contributed by atoms with E-state index in [0.29, 0.717) is 6.04 Å². The summed E-state index contributed by atoms with van der Waals surface area (Å²) in [6, 6.07) is 0.613. The van der Waals surface area contributed by atoms with E-state index >= 15 is 0 Å². The Hall–Kier alpha value is -0.0800. The molecule has 106 valence electrons. The highest BCUT2D eigenvalue weighted by Gasteiger charge is 2.38. The van der Waals surface area contributed by atoms with Crippen LogP contribution in [0, 0.1) is 23.7 Å². The third-order valence-electron chi connectivity index (χ3n) is 4.90. The van der Waals surface area contributed by atoms with Crippen molar-refractivity contribution in [2.45, 2.75) is 58.9 Å². The summed E-state index contributed by atoms with van der Waals surface area (Å²) < 4.78 is 0. The maximum absolute atomic E-state index is 3.68. The van der Waals surface area contributed by atoms with Gasteiger partial charge in [0.15, 0.2) is 0 Å². The van der Waals surface area contributed by atoms with Gasteiger partial charge in [-0.15, -0.1) is 0 Å². The molecule has 0 aromatic carbocycles. The van der Waals surface area contributed by atoms with Crippen LogP contribution in [0.5, 0.6) is 0 Å². The summed E-state index contributed by atoms with van der Waals surface area (Å²) in [5.74, 6) is 4.00. The molecule has 2 bridgehead atoms. The molecular formula is C16H32N2. The van der Waals surface area contributed by atoms with Gasteiger partial charge in [0.2, 0.25) is 0 Å². The van der Waals surface area contributed by atoms with Gasteiger partial charge < -0.3 is 10.6 Å².